The van der Waals surface area contributed by atoms with Gasteiger partial charge in [-0.1, -0.05) is 6.92 Å². The number of nitrogens with zero attached hydrogens (tertiary/aromatic N) is 2. The molecule has 0 saturated heterocycles. The minimum absolute atomic E-state index is 0.168. The molecular weight excluding hydrogens is 132 g/mol. The highest BCUT2D eigenvalue weighted by Gasteiger charge is 2.16. The van der Waals surface area contributed by atoms with Gasteiger partial charge in [-0.05, 0) is 6.92 Å². The number of hydrogen-bond donors (Lipinski definition) is 1. The molecule has 0 fully saturated rings. The van der Waals surface area contributed by atoms with Gasteiger partial charge in [0, 0.05) is 0 Å². The third kappa shape index (κ3) is 2.35. The summed E-state index contributed by atoms with van der Waals surface area (Å²) in [6.07, 6.45) is 0.447. The molecule has 4 heteroatoms. The van der Waals surface area contributed by atoms with Crippen molar-refractivity contribution in [3.05, 3.63) is 16.6 Å². The topological polar surface area (TPSA) is 57.6 Å². The molecule has 0 heterocycles. The number of rotatable bonds is 3. The summed E-state index contributed by atoms with van der Waals surface area (Å²) in [5.41, 5.74) is 0.168. The molecule has 1 N–H and O–H groups in total. The van der Waals surface area contributed by atoms with Crippen LogP contribution in [0.5, 0.6) is 0 Å². The van der Waals surface area contributed by atoms with Crippen LogP contribution in [0.1, 0.15) is 20.3 Å². The van der Waals surface area contributed by atoms with E-state index in [1.165, 1.54) is 0 Å². The molecule has 0 atom stereocenters. The van der Waals surface area contributed by atoms with Crippen molar-refractivity contribution >= 4 is 0 Å². The smallest absolute Gasteiger partial charge is 0.440 e. The maximum Gasteiger partial charge on any atom is 0.440 e. The molecule has 0 aliphatic heterocycles. The number of aliphatic hydroxyl groups excluding tert-OH is 1. The molecule has 0 spiro atoms. The van der Waals surface area contributed by atoms with E-state index in [4.69, 9.17) is 10.5 Å². The van der Waals surface area contributed by atoms with Crippen molar-refractivity contribution in [3.8, 4) is 0 Å². The van der Waals surface area contributed by atoms with Crippen molar-refractivity contribution in [2.45, 2.75) is 20.3 Å². The minimum Gasteiger partial charge on any atom is -0.475 e. The van der Waals surface area contributed by atoms with Gasteiger partial charge in [-0.25, -0.2) is 0 Å². The lowest BCUT2D eigenvalue weighted by atomic mass is 10.4. The first-order valence-electron chi connectivity index (χ1n) is 3.16. The van der Waals surface area contributed by atoms with Gasteiger partial charge in [-0.15, -0.1) is 0 Å². The fraction of sp³-hybridized carbons (Fsp3) is 0.667. The SMILES string of the molecule is CCO/C(O)=C(/CC)[N+]#N. The second kappa shape index (κ2) is 4.62. The van der Waals surface area contributed by atoms with Gasteiger partial charge in [0.2, 0.25) is 5.39 Å². The molecule has 0 saturated carbocycles. The largest absolute Gasteiger partial charge is 0.475 e. The Labute approximate surface area is 59.7 Å². The Hall–Kier alpha value is -1.24. The van der Waals surface area contributed by atoms with Crippen molar-refractivity contribution in [1.29, 1.82) is 5.39 Å². The predicted molar refractivity (Wildman–Crippen MR) is 36.7 cm³/mol. The second-order valence-corrected chi connectivity index (χ2v) is 1.64. The molecule has 0 unspecified atom stereocenters. The maximum absolute atomic E-state index is 8.91. The van der Waals surface area contributed by atoms with E-state index < -0.39 is 0 Å². The van der Waals surface area contributed by atoms with Crippen molar-refractivity contribution < 1.29 is 9.84 Å². The van der Waals surface area contributed by atoms with Crippen molar-refractivity contribution in [3.63, 3.8) is 0 Å². The Kier molecular flexibility index (Phi) is 4.05. The van der Waals surface area contributed by atoms with Crippen LogP contribution in [0.2, 0.25) is 0 Å². The second-order valence-electron chi connectivity index (χ2n) is 1.64. The van der Waals surface area contributed by atoms with Gasteiger partial charge in [0.15, 0.2) is 4.98 Å². The molecule has 4 nitrogen and oxygen atoms in total. The highest BCUT2D eigenvalue weighted by molar-refractivity contribution is 5.08. The third-order valence-corrected chi connectivity index (χ3v) is 0.984. The van der Waals surface area contributed by atoms with Gasteiger partial charge in [0.25, 0.3) is 0 Å². The Morgan fingerprint density at radius 3 is 2.50 bits per heavy atom. The molecule has 0 bridgehead atoms. The van der Waals surface area contributed by atoms with Crippen LogP contribution in [-0.4, -0.2) is 11.7 Å². The molecule has 0 aliphatic rings. The Balaban J connectivity index is 4.16. The summed E-state index contributed by atoms with van der Waals surface area (Å²) in [4.78, 5) is 2.83. The van der Waals surface area contributed by atoms with Crippen LogP contribution in [0.25, 0.3) is 4.98 Å². The Morgan fingerprint density at radius 1 is 1.60 bits per heavy atom. The first-order valence-corrected chi connectivity index (χ1v) is 3.16. The first kappa shape index (κ1) is 8.76. The lowest BCUT2D eigenvalue weighted by molar-refractivity contribution is 0.0981. The third-order valence-electron chi connectivity index (χ3n) is 0.984. The van der Waals surface area contributed by atoms with Gasteiger partial charge in [0.1, 0.15) is 0 Å². The molecule has 0 aromatic carbocycles. The van der Waals surface area contributed by atoms with Crippen LogP contribution < -0.4 is 0 Å². The summed E-state index contributed by atoms with van der Waals surface area (Å²) >= 11 is 0. The molecule has 0 radical (unpaired) electrons. The van der Waals surface area contributed by atoms with Crippen LogP contribution in [0.15, 0.2) is 11.6 Å². The van der Waals surface area contributed by atoms with E-state index in [0.717, 1.165) is 0 Å². The molecular formula is C6H11N2O2+. The van der Waals surface area contributed by atoms with Crippen LogP contribution in [0, 0.1) is 5.39 Å². The van der Waals surface area contributed by atoms with E-state index in [1.807, 2.05) is 0 Å². The zero-order chi connectivity index (χ0) is 7.98. The van der Waals surface area contributed by atoms with Gasteiger partial charge in [-0.3, -0.25) is 0 Å². The number of hydrogen-bond acceptors (Lipinski definition) is 3. The summed E-state index contributed by atoms with van der Waals surface area (Å²) in [5.74, 6) is -0.299. The van der Waals surface area contributed by atoms with Gasteiger partial charge < -0.3 is 9.84 Å². The monoisotopic (exact) mass is 143 g/mol. The fourth-order valence-electron chi connectivity index (χ4n) is 0.485. The molecule has 10 heavy (non-hydrogen) atoms. The standard InChI is InChI=1S/C6H10N2O2/c1-3-5(8-7)6(9)10-4-2/h3-4H2,1-2H3/p+1/b6-5-. The van der Waals surface area contributed by atoms with Crippen LogP contribution in [0.3, 0.4) is 0 Å². The van der Waals surface area contributed by atoms with E-state index in [9.17, 15) is 0 Å². The summed E-state index contributed by atoms with van der Waals surface area (Å²) in [5, 5.41) is 17.2. The zero-order valence-electron chi connectivity index (χ0n) is 6.16. The van der Waals surface area contributed by atoms with Gasteiger partial charge in [0.05, 0.1) is 13.0 Å². The van der Waals surface area contributed by atoms with Crippen molar-refractivity contribution in [1.82, 2.24) is 0 Å². The zero-order valence-corrected chi connectivity index (χ0v) is 6.16. The van der Waals surface area contributed by atoms with E-state index in [0.29, 0.717) is 13.0 Å². The summed E-state index contributed by atoms with van der Waals surface area (Å²) < 4.78 is 4.67. The fourth-order valence-corrected chi connectivity index (χ4v) is 0.485. The van der Waals surface area contributed by atoms with Crippen LogP contribution in [0.4, 0.5) is 0 Å². The van der Waals surface area contributed by atoms with E-state index in [1.54, 1.807) is 13.8 Å². The molecule has 0 amide bonds. The van der Waals surface area contributed by atoms with Gasteiger partial charge >= 0.3 is 11.6 Å². The number of aliphatic hydroxyl groups is 1. The first-order chi connectivity index (χ1) is 4.76. The molecule has 0 rings (SSSR count). The number of allylic oxidation sites excluding steroid dienone is 1. The number of ether oxygens (including phenoxy) is 1. The quantitative estimate of drug-likeness (QED) is 0.485. The van der Waals surface area contributed by atoms with Crippen molar-refractivity contribution in [2.24, 2.45) is 0 Å². The predicted octanol–water partition coefficient (Wildman–Crippen LogP) is 2.01. The lowest BCUT2D eigenvalue weighted by Crippen LogP contribution is -1.93. The maximum atomic E-state index is 8.91. The highest BCUT2D eigenvalue weighted by atomic mass is 16.6. The number of diazo groups is 1. The molecule has 0 aromatic rings. The average Bonchev–Trinajstić information content (AvgIpc) is 1.91. The van der Waals surface area contributed by atoms with E-state index in [2.05, 4.69) is 9.71 Å². The Bertz CT molecular complexity index is 169. The average molecular weight is 143 g/mol. The van der Waals surface area contributed by atoms with Crippen LogP contribution >= 0.6 is 0 Å². The minimum atomic E-state index is -0.299. The lowest BCUT2D eigenvalue weighted by Gasteiger charge is -1.94. The van der Waals surface area contributed by atoms with Crippen molar-refractivity contribution in [2.75, 3.05) is 6.61 Å². The molecule has 56 valence electrons. The summed E-state index contributed by atoms with van der Waals surface area (Å²) in [6, 6.07) is 0. The summed E-state index contributed by atoms with van der Waals surface area (Å²) in [6.45, 7) is 3.86. The van der Waals surface area contributed by atoms with Gasteiger partial charge in [-0.2, -0.15) is 0 Å². The molecule has 0 aliphatic carbocycles. The van der Waals surface area contributed by atoms with Crippen LogP contribution in [-0.2, 0) is 4.74 Å². The highest BCUT2D eigenvalue weighted by Crippen LogP contribution is 2.07. The van der Waals surface area contributed by atoms with E-state index in [-0.39, 0.29) is 11.6 Å². The summed E-state index contributed by atoms with van der Waals surface area (Å²) in [7, 11) is 0. The normalized spacial score (nSPS) is 11.7. The van der Waals surface area contributed by atoms with E-state index >= 15 is 0 Å². The Morgan fingerprint density at radius 2 is 2.20 bits per heavy atom. The molecule has 0 aromatic heterocycles.